The number of hydrogen-bond donors (Lipinski definition) is 1. The van der Waals surface area contributed by atoms with E-state index in [1.807, 2.05) is 0 Å². The maximum Gasteiger partial charge on any atom is 0.418 e. The minimum absolute atomic E-state index is 0.0103. The zero-order chi connectivity index (χ0) is 15.5. The first-order valence-electron chi connectivity index (χ1n) is 6.66. The molecule has 7 heteroatoms. The molecule has 0 aliphatic carbocycles. The van der Waals surface area contributed by atoms with Gasteiger partial charge >= 0.3 is 6.18 Å². The van der Waals surface area contributed by atoms with Crippen LogP contribution in [0, 0.1) is 5.92 Å². The molecule has 0 saturated carbocycles. The van der Waals surface area contributed by atoms with Crippen LogP contribution in [-0.2, 0) is 12.7 Å². The molecule has 1 aromatic carbocycles. The Morgan fingerprint density at radius 1 is 1.24 bits per heavy atom. The summed E-state index contributed by atoms with van der Waals surface area (Å²) in [6, 6.07) is 5.35. The number of halogens is 3. The fraction of sp³-hybridized carbons (Fsp3) is 0.429. The Bertz CT molecular complexity index is 590. The lowest BCUT2D eigenvalue weighted by molar-refractivity contribution is -0.137. The van der Waals surface area contributed by atoms with Crippen molar-refractivity contribution in [1.82, 2.24) is 20.3 Å². The largest absolute Gasteiger partial charge is 0.418 e. The molecule has 1 aromatic heterocycles. The van der Waals surface area contributed by atoms with Crippen LogP contribution in [0.2, 0.25) is 0 Å². The van der Waals surface area contributed by atoms with E-state index in [0.29, 0.717) is 18.2 Å². The van der Waals surface area contributed by atoms with Gasteiger partial charge in [-0.05, 0) is 24.6 Å². The van der Waals surface area contributed by atoms with Crippen LogP contribution in [0.4, 0.5) is 13.2 Å². The minimum atomic E-state index is -4.43. The average molecular weight is 298 g/mol. The summed E-state index contributed by atoms with van der Waals surface area (Å²) in [7, 11) is 0. The smallest absolute Gasteiger partial charge is 0.311 e. The van der Waals surface area contributed by atoms with E-state index in [-0.39, 0.29) is 5.69 Å². The third-order valence-electron chi connectivity index (χ3n) is 2.92. The fourth-order valence-corrected chi connectivity index (χ4v) is 1.97. The monoisotopic (exact) mass is 298 g/mol. The maximum atomic E-state index is 13.1. The molecule has 0 amide bonds. The number of rotatable bonds is 5. The van der Waals surface area contributed by atoms with Gasteiger partial charge in [0, 0.05) is 6.54 Å². The van der Waals surface area contributed by atoms with Gasteiger partial charge in [-0.25, -0.2) is 4.68 Å². The predicted molar refractivity (Wildman–Crippen MR) is 72.9 cm³/mol. The van der Waals surface area contributed by atoms with Gasteiger partial charge < -0.3 is 5.32 Å². The van der Waals surface area contributed by atoms with Gasteiger partial charge in [-0.1, -0.05) is 31.2 Å². The Balaban J connectivity index is 2.30. The molecule has 114 valence electrons. The number of aromatic nitrogens is 3. The molecular formula is C14H17F3N4. The van der Waals surface area contributed by atoms with Crippen molar-refractivity contribution in [3.8, 4) is 5.69 Å². The van der Waals surface area contributed by atoms with Gasteiger partial charge in [0.25, 0.3) is 0 Å². The highest BCUT2D eigenvalue weighted by Crippen LogP contribution is 2.33. The van der Waals surface area contributed by atoms with Crippen molar-refractivity contribution in [2.24, 2.45) is 5.92 Å². The highest BCUT2D eigenvalue weighted by molar-refractivity contribution is 5.42. The van der Waals surface area contributed by atoms with Gasteiger partial charge in [0.1, 0.15) is 0 Å². The molecule has 0 unspecified atom stereocenters. The van der Waals surface area contributed by atoms with E-state index in [1.54, 1.807) is 6.07 Å². The Labute approximate surface area is 121 Å². The first kappa shape index (κ1) is 15.5. The third kappa shape index (κ3) is 3.81. The first-order chi connectivity index (χ1) is 9.89. The van der Waals surface area contributed by atoms with Crippen LogP contribution in [0.15, 0.2) is 30.5 Å². The van der Waals surface area contributed by atoms with Crippen LogP contribution in [-0.4, -0.2) is 21.5 Å². The lowest BCUT2D eigenvalue weighted by Gasteiger charge is -2.14. The van der Waals surface area contributed by atoms with Crippen LogP contribution < -0.4 is 5.32 Å². The maximum absolute atomic E-state index is 13.1. The van der Waals surface area contributed by atoms with Gasteiger partial charge in [-0.15, -0.1) is 5.10 Å². The molecular weight excluding hydrogens is 281 g/mol. The van der Waals surface area contributed by atoms with Crippen LogP contribution in [0.3, 0.4) is 0 Å². The quantitative estimate of drug-likeness (QED) is 0.922. The summed E-state index contributed by atoms with van der Waals surface area (Å²) in [5.41, 5.74) is -0.142. The van der Waals surface area contributed by atoms with Crippen molar-refractivity contribution in [2.75, 3.05) is 6.54 Å². The highest BCUT2D eigenvalue weighted by Gasteiger charge is 2.34. The normalized spacial score (nSPS) is 12.1. The molecule has 21 heavy (non-hydrogen) atoms. The van der Waals surface area contributed by atoms with E-state index in [2.05, 4.69) is 29.5 Å². The van der Waals surface area contributed by atoms with Crippen molar-refractivity contribution in [3.05, 3.63) is 41.7 Å². The summed E-state index contributed by atoms with van der Waals surface area (Å²) in [5.74, 6) is 0.455. The zero-order valence-corrected chi connectivity index (χ0v) is 11.9. The lowest BCUT2D eigenvalue weighted by atomic mass is 10.1. The second-order valence-electron chi connectivity index (χ2n) is 5.18. The molecule has 0 fully saturated rings. The molecule has 0 aliphatic heterocycles. The molecule has 1 N–H and O–H groups in total. The predicted octanol–water partition coefficient (Wildman–Crippen LogP) is 3.03. The summed E-state index contributed by atoms with van der Waals surface area (Å²) >= 11 is 0. The van der Waals surface area contributed by atoms with Crippen LogP contribution >= 0.6 is 0 Å². The standard InChI is InChI=1S/C14H17F3N4/c1-10(2)7-18-8-11-9-19-20-21(11)13-6-4-3-5-12(13)14(15,16)17/h3-6,9-10,18H,7-8H2,1-2H3. The van der Waals surface area contributed by atoms with Gasteiger partial charge in [0.15, 0.2) is 0 Å². The average Bonchev–Trinajstić information content (AvgIpc) is 2.85. The third-order valence-corrected chi connectivity index (χ3v) is 2.92. The zero-order valence-electron chi connectivity index (χ0n) is 11.9. The van der Waals surface area contributed by atoms with E-state index in [0.717, 1.165) is 12.6 Å². The van der Waals surface area contributed by atoms with E-state index in [9.17, 15) is 13.2 Å². The molecule has 0 bridgehead atoms. The fourth-order valence-electron chi connectivity index (χ4n) is 1.97. The van der Waals surface area contributed by atoms with Crippen LogP contribution in [0.25, 0.3) is 5.69 Å². The SMILES string of the molecule is CC(C)CNCc1cnnn1-c1ccccc1C(F)(F)F. The Hall–Kier alpha value is -1.89. The van der Waals surface area contributed by atoms with Gasteiger partial charge in [-0.3, -0.25) is 0 Å². The van der Waals surface area contributed by atoms with Crippen LogP contribution in [0.1, 0.15) is 25.1 Å². The van der Waals surface area contributed by atoms with Crippen molar-refractivity contribution < 1.29 is 13.2 Å². The minimum Gasteiger partial charge on any atom is -0.311 e. The molecule has 2 aromatic rings. The summed E-state index contributed by atoms with van der Waals surface area (Å²) in [4.78, 5) is 0. The highest BCUT2D eigenvalue weighted by atomic mass is 19.4. The second-order valence-corrected chi connectivity index (χ2v) is 5.18. The number of nitrogens with zero attached hydrogens (tertiary/aromatic N) is 3. The van der Waals surface area contributed by atoms with E-state index >= 15 is 0 Å². The molecule has 4 nitrogen and oxygen atoms in total. The number of alkyl halides is 3. The number of benzene rings is 1. The van der Waals surface area contributed by atoms with Crippen molar-refractivity contribution in [3.63, 3.8) is 0 Å². The number of nitrogens with one attached hydrogen (secondary N) is 1. The van der Waals surface area contributed by atoms with Crippen molar-refractivity contribution >= 4 is 0 Å². The summed E-state index contributed by atoms with van der Waals surface area (Å²) in [6.07, 6.45) is -2.95. The molecule has 0 radical (unpaired) electrons. The molecule has 0 aliphatic rings. The summed E-state index contributed by atoms with van der Waals surface area (Å²) in [5, 5.41) is 10.7. The lowest BCUT2D eigenvalue weighted by Crippen LogP contribution is -2.21. The molecule has 1 heterocycles. The Morgan fingerprint density at radius 2 is 1.95 bits per heavy atom. The summed E-state index contributed by atoms with van der Waals surface area (Å²) in [6.45, 7) is 5.30. The Kier molecular flexibility index (Phi) is 4.62. The molecule has 0 spiro atoms. The van der Waals surface area contributed by atoms with E-state index in [4.69, 9.17) is 0 Å². The summed E-state index contributed by atoms with van der Waals surface area (Å²) < 4.78 is 40.4. The second kappa shape index (κ2) is 6.26. The number of hydrogen-bond acceptors (Lipinski definition) is 3. The molecule has 2 rings (SSSR count). The Morgan fingerprint density at radius 3 is 2.62 bits per heavy atom. The number of para-hydroxylation sites is 1. The van der Waals surface area contributed by atoms with Crippen LogP contribution in [0.5, 0.6) is 0 Å². The van der Waals surface area contributed by atoms with E-state index < -0.39 is 11.7 Å². The van der Waals surface area contributed by atoms with Gasteiger partial charge in [0.2, 0.25) is 0 Å². The van der Waals surface area contributed by atoms with Gasteiger partial charge in [0.05, 0.1) is 23.1 Å². The topological polar surface area (TPSA) is 42.7 Å². The molecule has 0 saturated heterocycles. The van der Waals surface area contributed by atoms with Crippen molar-refractivity contribution in [2.45, 2.75) is 26.6 Å². The molecule has 0 atom stereocenters. The van der Waals surface area contributed by atoms with E-state index in [1.165, 1.54) is 23.0 Å². The van der Waals surface area contributed by atoms with Gasteiger partial charge in [-0.2, -0.15) is 13.2 Å². The van der Waals surface area contributed by atoms with Crippen molar-refractivity contribution in [1.29, 1.82) is 0 Å². The first-order valence-corrected chi connectivity index (χ1v) is 6.66.